The molecule has 0 aliphatic carbocycles. The van der Waals surface area contributed by atoms with Gasteiger partial charge in [0.2, 0.25) is 10.0 Å². The molecule has 2 atom stereocenters. The lowest BCUT2D eigenvalue weighted by Gasteiger charge is -2.34. The Labute approximate surface area is 201 Å². The highest BCUT2D eigenvalue weighted by molar-refractivity contribution is 7.89. The normalized spacial score (nSPS) is 20.3. The Morgan fingerprint density at radius 2 is 1.88 bits per heavy atom. The molecule has 0 N–H and O–H groups in total. The molecule has 1 fully saturated rings. The molecule has 4 rings (SSSR count). The van der Waals surface area contributed by atoms with Crippen molar-refractivity contribution in [3.05, 3.63) is 70.5 Å². The third-order valence-electron chi connectivity index (χ3n) is 5.29. The largest absolute Gasteiger partial charge is 0.373 e. The number of carbonyl (C=O) groups excluding carboxylic acids is 1. The van der Waals surface area contributed by atoms with E-state index in [4.69, 9.17) is 16.3 Å². The van der Waals surface area contributed by atoms with Crippen LogP contribution in [0.3, 0.4) is 0 Å². The van der Waals surface area contributed by atoms with Gasteiger partial charge in [-0.3, -0.25) is 4.79 Å². The summed E-state index contributed by atoms with van der Waals surface area (Å²) in [7, 11) is -3.68. The van der Waals surface area contributed by atoms with Crippen LogP contribution in [0.1, 0.15) is 24.2 Å². The fourth-order valence-electron chi connectivity index (χ4n) is 3.87. The summed E-state index contributed by atoms with van der Waals surface area (Å²) in [6.07, 6.45) is 1.35. The molecule has 1 aromatic heterocycles. The van der Waals surface area contributed by atoms with Crippen molar-refractivity contribution in [2.45, 2.75) is 37.5 Å². The zero-order valence-electron chi connectivity index (χ0n) is 18.3. The van der Waals surface area contributed by atoms with Gasteiger partial charge in [-0.25, -0.2) is 8.42 Å². The number of aromatic nitrogens is 1. The minimum Gasteiger partial charge on any atom is -0.373 e. The van der Waals surface area contributed by atoms with E-state index < -0.39 is 15.9 Å². The first-order valence-electron chi connectivity index (χ1n) is 10.4. The second kappa shape index (κ2) is 9.52. The fraction of sp³-hybridized carbons (Fsp3) is 0.304. The molecule has 2 heterocycles. The van der Waals surface area contributed by atoms with E-state index in [2.05, 4.69) is 11.6 Å². The Morgan fingerprint density at radius 3 is 2.52 bits per heavy atom. The van der Waals surface area contributed by atoms with Crippen LogP contribution in [0.15, 0.2) is 65.0 Å². The van der Waals surface area contributed by atoms with Gasteiger partial charge in [0.1, 0.15) is 0 Å². The van der Waals surface area contributed by atoms with Gasteiger partial charge >= 0.3 is 0 Å². The second-order valence-corrected chi connectivity index (χ2v) is 11.2. The summed E-state index contributed by atoms with van der Waals surface area (Å²) < 4.78 is 35.9. The first kappa shape index (κ1) is 23.8. The summed E-state index contributed by atoms with van der Waals surface area (Å²) >= 11 is 7.72. The number of ether oxygens (including phenoxy) is 1. The molecule has 1 saturated heterocycles. The third kappa shape index (κ3) is 4.83. The zero-order chi connectivity index (χ0) is 23.8. The summed E-state index contributed by atoms with van der Waals surface area (Å²) in [4.78, 5) is 17.8. The lowest BCUT2D eigenvalue weighted by Crippen LogP contribution is -2.48. The number of hydrogen-bond donors (Lipinski definition) is 0. The zero-order valence-corrected chi connectivity index (χ0v) is 20.7. The maximum absolute atomic E-state index is 13.0. The van der Waals surface area contributed by atoms with E-state index in [1.165, 1.54) is 39.9 Å². The third-order valence-corrected chi connectivity index (χ3v) is 8.48. The molecular formula is C23H24ClN3O4S2. The predicted octanol–water partition coefficient (Wildman–Crippen LogP) is 4.08. The fourth-order valence-corrected chi connectivity index (χ4v) is 6.86. The van der Waals surface area contributed by atoms with Crippen molar-refractivity contribution in [1.82, 2.24) is 8.87 Å². The van der Waals surface area contributed by atoms with Crippen LogP contribution in [-0.2, 0) is 21.3 Å². The number of carbonyl (C=O) groups is 1. The Bertz CT molecular complexity index is 1370. The van der Waals surface area contributed by atoms with Crippen LogP contribution in [-0.4, -0.2) is 48.5 Å². The van der Waals surface area contributed by atoms with Crippen molar-refractivity contribution in [3.63, 3.8) is 0 Å². The van der Waals surface area contributed by atoms with Crippen molar-refractivity contribution in [2.24, 2.45) is 4.99 Å². The topological polar surface area (TPSA) is 81.0 Å². The number of amides is 1. The summed E-state index contributed by atoms with van der Waals surface area (Å²) in [5.74, 6) is -0.465. The number of halogens is 1. The number of rotatable bonds is 5. The predicted molar refractivity (Wildman–Crippen MR) is 130 cm³/mol. The van der Waals surface area contributed by atoms with Gasteiger partial charge in [0.05, 0.1) is 32.3 Å². The highest BCUT2D eigenvalue weighted by atomic mass is 35.5. The van der Waals surface area contributed by atoms with E-state index >= 15 is 0 Å². The van der Waals surface area contributed by atoms with E-state index in [0.29, 0.717) is 35.0 Å². The smallest absolute Gasteiger partial charge is 0.279 e. The number of thiazole rings is 1. The molecule has 2 aromatic carbocycles. The van der Waals surface area contributed by atoms with Crippen molar-refractivity contribution in [3.8, 4) is 0 Å². The van der Waals surface area contributed by atoms with Crippen LogP contribution in [0.4, 0.5) is 0 Å². The highest BCUT2D eigenvalue weighted by Gasteiger charge is 2.32. The molecule has 2 unspecified atom stereocenters. The molecule has 0 spiro atoms. The summed E-state index contributed by atoms with van der Waals surface area (Å²) in [5.41, 5.74) is 1.09. The van der Waals surface area contributed by atoms with E-state index in [1.807, 2.05) is 30.5 Å². The van der Waals surface area contributed by atoms with Crippen molar-refractivity contribution in [1.29, 1.82) is 0 Å². The summed E-state index contributed by atoms with van der Waals surface area (Å²) in [5, 5.41) is 0.570. The number of hydrogen-bond acceptors (Lipinski definition) is 5. The average molecular weight is 506 g/mol. The van der Waals surface area contributed by atoms with Gasteiger partial charge in [0.25, 0.3) is 5.91 Å². The van der Waals surface area contributed by atoms with E-state index in [0.717, 1.165) is 10.2 Å². The van der Waals surface area contributed by atoms with Gasteiger partial charge < -0.3 is 9.30 Å². The number of morpholine rings is 1. The maximum atomic E-state index is 13.0. The summed E-state index contributed by atoms with van der Waals surface area (Å²) in [6.45, 7) is 8.51. The Hall–Kier alpha value is -2.30. The van der Waals surface area contributed by atoms with E-state index in [1.54, 1.807) is 12.1 Å². The van der Waals surface area contributed by atoms with Crippen molar-refractivity contribution >= 4 is 49.1 Å². The molecular weight excluding hydrogens is 482 g/mol. The maximum Gasteiger partial charge on any atom is 0.279 e. The van der Waals surface area contributed by atoms with Crippen LogP contribution < -0.4 is 4.80 Å². The van der Waals surface area contributed by atoms with Gasteiger partial charge in [-0.1, -0.05) is 35.1 Å². The number of fused-ring (bicyclic) bond motifs is 1. The average Bonchev–Trinajstić information content (AvgIpc) is 3.11. The molecule has 1 aliphatic rings. The minimum absolute atomic E-state index is 0.135. The lowest BCUT2D eigenvalue weighted by atomic mass is 10.2. The molecule has 3 aromatic rings. The number of para-hydroxylation sites is 1. The first-order chi connectivity index (χ1) is 15.7. The van der Waals surface area contributed by atoms with Crippen molar-refractivity contribution in [2.75, 3.05) is 13.1 Å². The number of benzene rings is 2. The Balaban J connectivity index is 1.65. The monoisotopic (exact) mass is 505 g/mol. The minimum atomic E-state index is -3.68. The van der Waals surface area contributed by atoms with Gasteiger partial charge in [-0.05, 0) is 50.2 Å². The van der Waals surface area contributed by atoms with Crippen LogP contribution >= 0.6 is 22.9 Å². The van der Waals surface area contributed by atoms with Crippen LogP contribution in [0, 0.1) is 0 Å². The van der Waals surface area contributed by atoms with Gasteiger partial charge in [0, 0.05) is 25.2 Å². The van der Waals surface area contributed by atoms with E-state index in [-0.39, 0.29) is 17.1 Å². The van der Waals surface area contributed by atoms with Crippen molar-refractivity contribution < 1.29 is 17.9 Å². The molecule has 0 radical (unpaired) electrons. The summed E-state index contributed by atoms with van der Waals surface area (Å²) in [6, 6.07) is 11.4. The number of nitrogens with zero attached hydrogens (tertiary/aromatic N) is 3. The highest BCUT2D eigenvalue weighted by Crippen LogP contribution is 2.26. The first-order valence-corrected chi connectivity index (χ1v) is 13.1. The molecule has 1 aliphatic heterocycles. The lowest BCUT2D eigenvalue weighted by molar-refractivity contribution is -0.0440. The molecule has 1 amide bonds. The Morgan fingerprint density at radius 1 is 1.21 bits per heavy atom. The van der Waals surface area contributed by atoms with Gasteiger partial charge in [-0.15, -0.1) is 6.58 Å². The molecule has 10 heteroatoms. The van der Waals surface area contributed by atoms with Crippen LogP contribution in [0.25, 0.3) is 10.2 Å². The van der Waals surface area contributed by atoms with Gasteiger partial charge in [0.15, 0.2) is 4.80 Å². The standard InChI is InChI=1S/C23H24ClN3O4S2/c1-4-12-27-21-19(24)6-5-7-20(21)32-23(27)25-22(28)17-8-10-18(11-9-17)33(29,30)26-13-15(2)31-16(3)14-26/h4-11,15-16H,1,12-14H2,2-3H3. The van der Waals surface area contributed by atoms with Crippen LogP contribution in [0.2, 0.25) is 5.02 Å². The second-order valence-electron chi connectivity index (χ2n) is 7.89. The number of sulfonamides is 1. The quantitative estimate of drug-likeness (QED) is 0.489. The molecule has 0 saturated carbocycles. The van der Waals surface area contributed by atoms with E-state index in [9.17, 15) is 13.2 Å². The SMILES string of the molecule is C=CCn1c(=NC(=O)c2ccc(S(=O)(=O)N3CC(C)OC(C)C3)cc2)sc2cccc(Cl)c21. The number of allylic oxidation sites excluding steroid dienone is 1. The molecule has 174 valence electrons. The molecule has 0 bridgehead atoms. The molecule has 7 nitrogen and oxygen atoms in total. The Kier molecular flexibility index (Phi) is 6.88. The molecule has 33 heavy (non-hydrogen) atoms. The van der Waals surface area contributed by atoms with Gasteiger partial charge in [-0.2, -0.15) is 9.30 Å². The van der Waals surface area contributed by atoms with Crippen LogP contribution in [0.5, 0.6) is 0 Å².